The quantitative estimate of drug-likeness (QED) is 0.0305. The molecule has 0 rings (SSSR count). The fourth-order valence-electron chi connectivity index (χ4n) is 4.01. The second kappa shape index (κ2) is 30.7. The van der Waals surface area contributed by atoms with Crippen LogP contribution in [0.15, 0.2) is 72.9 Å². The van der Waals surface area contributed by atoms with E-state index in [-0.39, 0.29) is 50.3 Å². The van der Waals surface area contributed by atoms with Crippen LogP contribution in [0.25, 0.3) is 0 Å². The van der Waals surface area contributed by atoms with Crippen molar-refractivity contribution in [2.45, 2.75) is 108 Å². The van der Waals surface area contributed by atoms with E-state index < -0.39 is 41.3 Å². The van der Waals surface area contributed by atoms with E-state index in [1.807, 2.05) is 73.8 Å². The van der Waals surface area contributed by atoms with Gasteiger partial charge >= 0.3 is 5.97 Å². The van der Waals surface area contributed by atoms with Crippen LogP contribution in [0.2, 0.25) is 0 Å². The summed E-state index contributed by atoms with van der Waals surface area (Å²) in [5.41, 5.74) is 5.59. The fraction of sp³-hybridized carbons (Fsp3) is 0.528. The number of hydrogen-bond donors (Lipinski definition) is 5. The number of ether oxygens (including phenoxy) is 1. The molecule has 0 aromatic rings. The lowest BCUT2D eigenvalue weighted by Gasteiger charge is -2.23. The van der Waals surface area contributed by atoms with Gasteiger partial charge in [-0.05, 0) is 38.5 Å². The number of carboxylic acid groups (broad SMARTS) is 1. The molecule has 0 heterocycles. The Morgan fingerprint density at radius 2 is 1.58 bits per heavy atom. The largest absolute Gasteiger partial charge is 0.481 e. The third-order valence-corrected chi connectivity index (χ3v) is 8.04. The molecule has 0 spiro atoms. The van der Waals surface area contributed by atoms with Crippen LogP contribution in [0.4, 0.5) is 0 Å². The molecular weight excluding hydrogens is 636 g/mol. The van der Waals surface area contributed by atoms with E-state index in [2.05, 4.69) is 10.1 Å². The molecule has 0 aliphatic heterocycles. The number of carbonyl (C=O) groups excluding carboxylic acids is 4. The summed E-state index contributed by atoms with van der Waals surface area (Å²) in [7, 11) is 0. The Morgan fingerprint density at radius 1 is 0.875 bits per heavy atom. The first-order valence-electron chi connectivity index (χ1n) is 16.4. The standard InChI is InChI=1S/C36H54N2O9S/c1-2-3-14-20-32(43)33(21-16-13-11-9-7-5-4-6-8-10-12-15-18-29(41)19-17-26-39)48-27-30(31(42)22-25-36(45)46)38-35(44)24-23-34(37)47-28-40/h3-4,6-7,9-14,16,21,28,30,32-34,39,43H,2,5,8,15,17-20,22-27,37H2,1H3,(H,38,44)(H,45,46)/b6-4-,9-7-,12-10-,13-11+,14-3-,21-16+/t30?,32-,33+,34?/m0/s1. The van der Waals surface area contributed by atoms with Crippen LogP contribution in [-0.2, 0) is 28.7 Å². The van der Waals surface area contributed by atoms with Crippen molar-refractivity contribution in [3.8, 4) is 0 Å². The lowest BCUT2D eigenvalue weighted by Crippen LogP contribution is -2.44. The number of rotatable bonds is 30. The van der Waals surface area contributed by atoms with E-state index in [4.69, 9.17) is 15.9 Å². The Balaban J connectivity index is 5.13. The highest BCUT2D eigenvalue weighted by atomic mass is 32.2. The van der Waals surface area contributed by atoms with Crippen molar-refractivity contribution in [1.82, 2.24) is 5.32 Å². The van der Waals surface area contributed by atoms with Gasteiger partial charge in [-0.3, -0.25) is 29.7 Å². The molecule has 2 unspecified atom stereocenters. The molecular formula is C36H54N2O9S. The summed E-state index contributed by atoms with van der Waals surface area (Å²) in [4.78, 5) is 58.4. The number of thioether (sulfide) groups is 1. The van der Waals surface area contributed by atoms with Gasteiger partial charge in [-0.25, -0.2) is 0 Å². The van der Waals surface area contributed by atoms with Crippen molar-refractivity contribution in [3.63, 3.8) is 0 Å². The topological polar surface area (TPSA) is 193 Å². The molecule has 0 aliphatic rings. The van der Waals surface area contributed by atoms with Gasteiger partial charge in [0.2, 0.25) is 5.91 Å². The molecule has 12 heteroatoms. The van der Waals surface area contributed by atoms with Crippen LogP contribution in [0.3, 0.4) is 0 Å². The normalized spacial score (nSPS) is 14.8. The van der Waals surface area contributed by atoms with Crippen molar-refractivity contribution < 1.29 is 44.0 Å². The number of carbonyl (C=O) groups is 5. The number of nitrogens with one attached hydrogen (secondary N) is 1. The van der Waals surface area contributed by atoms with Crippen LogP contribution in [0.1, 0.15) is 84.0 Å². The number of carboxylic acids is 1. The van der Waals surface area contributed by atoms with Gasteiger partial charge in [0.15, 0.2) is 12.0 Å². The highest BCUT2D eigenvalue weighted by molar-refractivity contribution is 8.00. The van der Waals surface area contributed by atoms with Gasteiger partial charge in [0.25, 0.3) is 6.47 Å². The minimum Gasteiger partial charge on any atom is -0.481 e. The molecule has 0 aromatic heterocycles. The van der Waals surface area contributed by atoms with Crippen LogP contribution in [-0.4, -0.2) is 81.2 Å². The van der Waals surface area contributed by atoms with Gasteiger partial charge in [0.05, 0.1) is 18.6 Å². The highest BCUT2D eigenvalue weighted by Gasteiger charge is 2.25. The lowest BCUT2D eigenvalue weighted by atomic mass is 10.1. The summed E-state index contributed by atoms with van der Waals surface area (Å²) in [6.07, 6.45) is 25.7. The molecule has 0 bridgehead atoms. The predicted molar refractivity (Wildman–Crippen MR) is 190 cm³/mol. The summed E-state index contributed by atoms with van der Waals surface area (Å²) >= 11 is 1.28. The van der Waals surface area contributed by atoms with Gasteiger partial charge in [-0.15, -0.1) is 11.8 Å². The van der Waals surface area contributed by atoms with E-state index in [9.17, 15) is 29.1 Å². The number of aliphatic hydroxyl groups is 2. The van der Waals surface area contributed by atoms with Crippen molar-refractivity contribution >= 4 is 41.7 Å². The third-order valence-electron chi connectivity index (χ3n) is 6.66. The molecule has 1 amide bonds. The SMILES string of the molecule is CC/C=C\C[C@H](O)[C@@H](/C=C/C=C/C=C\C/C=C\C/C=C\CCC(=O)CCCO)SCC(NC(=O)CCC(N)OC=O)C(=O)CCC(=O)O. The van der Waals surface area contributed by atoms with Crippen molar-refractivity contribution in [2.75, 3.05) is 12.4 Å². The maximum atomic E-state index is 12.8. The molecule has 0 saturated carbocycles. The Bertz CT molecular complexity index is 1110. The minimum absolute atomic E-state index is 0.0449. The molecule has 0 saturated heterocycles. The smallest absolute Gasteiger partial charge is 0.303 e. The number of hydrogen-bond acceptors (Lipinski definition) is 10. The Morgan fingerprint density at radius 3 is 2.27 bits per heavy atom. The third kappa shape index (κ3) is 26.5. The van der Waals surface area contributed by atoms with Gasteiger partial charge in [0, 0.05) is 49.7 Å². The van der Waals surface area contributed by atoms with E-state index >= 15 is 0 Å². The van der Waals surface area contributed by atoms with Crippen LogP contribution < -0.4 is 11.1 Å². The summed E-state index contributed by atoms with van der Waals surface area (Å²) < 4.78 is 4.58. The number of amides is 1. The van der Waals surface area contributed by atoms with E-state index in [0.29, 0.717) is 32.1 Å². The molecule has 0 aliphatic carbocycles. The van der Waals surface area contributed by atoms with E-state index in [0.717, 1.165) is 19.3 Å². The number of ketones is 2. The first-order valence-corrected chi connectivity index (χ1v) is 17.4. The second-order valence-corrected chi connectivity index (χ2v) is 12.0. The molecule has 48 heavy (non-hydrogen) atoms. The fourth-order valence-corrected chi connectivity index (χ4v) is 5.22. The van der Waals surface area contributed by atoms with Crippen molar-refractivity contribution in [2.24, 2.45) is 5.73 Å². The summed E-state index contributed by atoms with van der Waals surface area (Å²) in [6.45, 7) is 2.22. The average molecular weight is 691 g/mol. The maximum absolute atomic E-state index is 12.8. The summed E-state index contributed by atoms with van der Waals surface area (Å²) in [6, 6.07) is -0.979. The maximum Gasteiger partial charge on any atom is 0.303 e. The number of Topliss-reactive ketones (excluding diaryl/α,β-unsaturated/α-hetero) is 2. The second-order valence-electron chi connectivity index (χ2n) is 10.8. The zero-order valence-corrected chi connectivity index (χ0v) is 28.8. The summed E-state index contributed by atoms with van der Waals surface area (Å²) in [5, 5.41) is 30.9. The molecule has 6 N–H and O–H groups in total. The monoisotopic (exact) mass is 690 g/mol. The van der Waals surface area contributed by atoms with E-state index in [1.54, 1.807) is 6.08 Å². The Kier molecular flexibility index (Phi) is 28.4. The van der Waals surface area contributed by atoms with Crippen LogP contribution in [0, 0.1) is 0 Å². The van der Waals surface area contributed by atoms with Crippen molar-refractivity contribution in [3.05, 3.63) is 72.9 Å². The summed E-state index contributed by atoms with van der Waals surface area (Å²) in [5.74, 6) is -1.78. The lowest BCUT2D eigenvalue weighted by molar-refractivity contribution is -0.139. The Hall–Kier alpha value is -3.58. The van der Waals surface area contributed by atoms with E-state index in [1.165, 1.54) is 11.8 Å². The zero-order chi connectivity index (χ0) is 35.8. The van der Waals surface area contributed by atoms with Gasteiger partial charge in [0.1, 0.15) is 5.78 Å². The number of nitrogens with two attached hydrogens (primary N) is 1. The van der Waals surface area contributed by atoms with Crippen LogP contribution in [0.5, 0.6) is 0 Å². The number of aliphatic carboxylic acids is 1. The minimum atomic E-state index is -1.13. The molecule has 268 valence electrons. The Labute approximate surface area is 289 Å². The first kappa shape index (κ1) is 44.4. The van der Waals surface area contributed by atoms with Gasteiger partial charge in [-0.1, -0.05) is 79.8 Å². The average Bonchev–Trinajstić information content (AvgIpc) is 3.06. The molecule has 0 radical (unpaired) electrons. The zero-order valence-electron chi connectivity index (χ0n) is 28.0. The number of allylic oxidation sites excluding steroid dienone is 10. The van der Waals surface area contributed by atoms with Crippen LogP contribution >= 0.6 is 11.8 Å². The number of aliphatic hydroxyl groups excluding tert-OH is 2. The molecule has 11 nitrogen and oxygen atoms in total. The van der Waals surface area contributed by atoms with Gasteiger partial charge in [-0.2, -0.15) is 0 Å². The predicted octanol–water partition coefficient (Wildman–Crippen LogP) is 4.65. The highest BCUT2D eigenvalue weighted by Crippen LogP contribution is 2.21. The van der Waals surface area contributed by atoms with Gasteiger partial charge < -0.3 is 25.4 Å². The first-order chi connectivity index (χ1) is 23.1. The molecule has 0 aromatic carbocycles. The van der Waals surface area contributed by atoms with Crippen molar-refractivity contribution in [1.29, 1.82) is 0 Å². The molecule has 0 fully saturated rings. The molecule has 4 atom stereocenters.